The lowest BCUT2D eigenvalue weighted by Crippen LogP contribution is -2.54. The highest BCUT2D eigenvalue weighted by Crippen LogP contribution is 2.44. The second-order valence-corrected chi connectivity index (χ2v) is 5.90. The fraction of sp³-hybridized carbons (Fsp3) is 0.562. The molecule has 20 heavy (non-hydrogen) atoms. The summed E-state index contributed by atoms with van der Waals surface area (Å²) in [5.41, 5.74) is 3.48. The molecule has 3 rings (SSSR count). The van der Waals surface area contributed by atoms with Crippen molar-refractivity contribution >= 4 is 11.7 Å². The van der Waals surface area contributed by atoms with E-state index in [9.17, 15) is 4.79 Å². The van der Waals surface area contributed by atoms with Crippen molar-refractivity contribution in [2.75, 3.05) is 32.1 Å². The summed E-state index contributed by atoms with van der Waals surface area (Å²) in [7, 11) is 3.63. The van der Waals surface area contributed by atoms with E-state index in [-0.39, 0.29) is 17.8 Å². The molecule has 1 saturated heterocycles. The predicted molar refractivity (Wildman–Crippen MR) is 79.1 cm³/mol. The number of anilines is 1. The number of methoxy groups -OCH3 is 1. The molecule has 2 heterocycles. The summed E-state index contributed by atoms with van der Waals surface area (Å²) in [6, 6.07) is 6.80. The Morgan fingerprint density at radius 3 is 3.00 bits per heavy atom. The molecule has 4 heteroatoms. The molecule has 0 radical (unpaired) electrons. The van der Waals surface area contributed by atoms with Crippen molar-refractivity contribution in [1.82, 2.24) is 5.32 Å². The first kappa shape index (κ1) is 13.4. The van der Waals surface area contributed by atoms with Gasteiger partial charge in [0.05, 0.1) is 13.0 Å². The van der Waals surface area contributed by atoms with Gasteiger partial charge < -0.3 is 15.0 Å². The van der Waals surface area contributed by atoms with E-state index in [4.69, 9.17) is 4.74 Å². The van der Waals surface area contributed by atoms with E-state index in [1.165, 1.54) is 18.4 Å². The van der Waals surface area contributed by atoms with E-state index in [0.29, 0.717) is 6.04 Å². The molecule has 0 spiro atoms. The van der Waals surface area contributed by atoms with Crippen LogP contribution in [0.1, 0.15) is 23.5 Å². The minimum atomic E-state index is -0.149. The van der Waals surface area contributed by atoms with Gasteiger partial charge in [0.2, 0.25) is 0 Å². The van der Waals surface area contributed by atoms with Gasteiger partial charge in [-0.15, -0.1) is 0 Å². The highest BCUT2D eigenvalue weighted by Gasteiger charge is 2.44. The van der Waals surface area contributed by atoms with Gasteiger partial charge in [-0.05, 0) is 31.5 Å². The van der Waals surface area contributed by atoms with Gasteiger partial charge in [-0.25, -0.2) is 0 Å². The smallest absolute Gasteiger partial charge is 0.313 e. The van der Waals surface area contributed by atoms with Crippen LogP contribution >= 0.6 is 0 Å². The molecular weight excluding hydrogens is 252 g/mol. The lowest BCUT2D eigenvalue weighted by molar-refractivity contribution is -0.144. The molecule has 4 nitrogen and oxygen atoms in total. The molecule has 0 amide bonds. The van der Waals surface area contributed by atoms with Gasteiger partial charge in [0.25, 0.3) is 0 Å². The SMILES string of the molecule is COC(=O)C1c2cc(C)ccc2N(C)C2CCNCC12. The van der Waals surface area contributed by atoms with Crippen molar-refractivity contribution in [3.8, 4) is 0 Å². The van der Waals surface area contributed by atoms with Crippen LogP contribution in [-0.4, -0.2) is 39.3 Å². The molecule has 1 fully saturated rings. The van der Waals surface area contributed by atoms with Crippen molar-refractivity contribution < 1.29 is 9.53 Å². The standard InChI is InChI=1S/C16H22N2O2/c1-10-4-5-13-11(8-10)15(16(19)20-3)12-9-17-7-6-14(12)18(13)2/h4-5,8,12,14-15,17H,6-7,9H2,1-3H3. The van der Waals surface area contributed by atoms with Crippen LogP contribution in [0.4, 0.5) is 5.69 Å². The summed E-state index contributed by atoms with van der Waals surface area (Å²) < 4.78 is 5.09. The Morgan fingerprint density at radius 2 is 2.25 bits per heavy atom. The average Bonchev–Trinajstić information content (AvgIpc) is 2.47. The molecule has 1 aromatic carbocycles. The minimum Gasteiger partial charge on any atom is -0.469 e. The summed E-state index contributed by atoms with van der Waals surface area (Å²) in [5.74, 6) is 0.0306. The fourth-order valence-electron chi connectivity index (χ4n) is 3.77. The molecule has 2 aliphatic heterocycles. The van der Waals surface area contributed by atoms with E-state index in [0.717, 1.165) is 25.1 Å². The number of esters is 1. The summed E-state index contributed by atoms with van der Waals surface area (Å²) >= 11 is 0. The Morgan fingerprint density at radius 1 is 1.45 bits per heavy atom. The molecular formula is C16H22N2O2. The number of fused-ring (bicyclic) bond motifs is 2. The van der Waals surface area contributed by atoms with Crippen molar-refractivity contribution in [3.05, 3.63) is 29.3 Å². The number of aryl methyl sites for hydroxylation is 1. The van der Waals surface area contributed by atoms with Crippen molar-refractivity contribution in [2.24, 2.45) is 5.92 Å². The number of carbonyl (C=O) groups is 1. The minimum absolute atomic E-state index is 0.108. The van der Waals surface area contributed by atoms with E-state index >= 15 is 0 Å². The maximum Gasteiger partial charge on any atom is 0.313 e. The van der Waals surface area contributed by atoms with Crippen LogP contribution in [0.5, 0.6) is 0 Å². The summed E-state index contributed by atoms with van der Waals surface area (Å²) in [6.07, 6.45) is 1.07. The topological polar surface area (TPSA) is 41.6 Å². The Hall–Kier alpha value is -1.55. The van der Waals surface area contributed by atoms with Gasteiger partial charge in [0.15, 0.2) is 0 Å². The lowest BCUT2D eigenvalue weighted by Gasteiger charge is -2.47. The van der Waals surface area contributed by atoms with Crippen LogP contribution in [0.15, 0.2) is 18.2 Å². The number of benzene rings is 1. The quantitative estimate of drug-likeness (QED) is 0.791. The third kappa shape index (κ3) is 1.99. The zero-order valence-corrected chi connectivity index (χ0v) is 12.3. The van der Waals surface area contributed by atoms with Crippen molar-refractivity contribution in [2.45, 2.75) is 25.3 Å². The average molecular weight is 274 g/mol. The molecule has 3 atom stereocenters. The summed E-state index contributed by atoms with van der Waals surface area (Å²) in [4.78, 5) is 14.7. The number of rotatable bonds is 1. The highest BCUT2D eigenvalue weighted by molar-refractivity contribution is 5.83. The summed E-state index contributed by atoms with van der Waals surface area (Å²) in [6.45, 7) is 3.96. The third-order valence-electron chi connectivity index (χ3n) is 4.77. The first-order valence-corrected chi connectivity index (χ1v) is 7.25. The van der Waals surface area contributed by atoms with Crippen molar-refractivity contribution in [3.63, 3.8) is 0 Å². The molecule has 0 bridgehead atoms. The van der Waals surface area contributed by atoms with Gasteiger partial charge in [-0.2, -0.15) is 0 Å². The lowest BCUT2D eigenvalue weighted by atomic mass is 9.73. The Balaban J connectivity index is 2.12. The van der Waals surface area contributed by atoms with Gasteiger partial charge in [-0.3, -0.25) is 4.79 Å². The molecule has 0 saturated carbocycles. The first-order chi connectivity index (χ1) is 9.63. The van der Waals surface area contributed by atoms with Crippen LogP contribution < -0.4 is 10.2 Å². The van der Waals surface area contributed by atoms with Crippen LogP contribution in [0.2, 0.25) is 0 Å². The van der Waals surface area contributed by atoms with E-state index in [1.807, 2.05) is 0 Å². The van der Waals surface area contributed by atoms with Crippen LogP contribution in [0, 0.1) is 12.8 Å². The number of carbonyl (C=O) groups excluding carboxylic acids is 1. The Bertz CT molecular complexity index is 529. The molecule has 0 aliphatic carbocycles. The highest BCUT2D eigenvalue weighted by atomic mass is 16.5. The van der Waals surface area contributed by atoms with E-state index < -0.39 is 0 Å². The molecule has 1 N–H and O–H groups in total. The molecule has 0 aromatic heterocycles. The molecule has 108 valence electrons. The predicted octanol–water partition coefficient (Wildman–Crippen LogP) is 1.68. The van der Waals surface area contributed by atoms with Gasteiger partial charge in [0.1, 0.15) is 0 Å². The number of hydrogen-bond acceptors (Lipinski definition) is 4. The van der Waals surface area contributed by atoms with Crippen molar-refractivity contribution in [1.29, 1.82) is 0 Å². The van der Waals surface area contributed by atoms with Gasteiger partial charge in [-0.1, -0.05) is 17.7 Å². The monoisotopic (exact) mass is 274 g/mol. The molecule has 3 unspecified atom stereocenters. The van der Waals surface area contributed by atoms with E-state index in [2.05, 4.69) is 42.4 Å². The molecule has 2 aliphatic rings. The third-order valence-corrected chi connectivity index (χ3v) is 4.77. The van der Waals surface area contributed by atoms with Crippen LogP contribution in [-0.2, 0) is 9.53 Å². The molecule has 1 aromatic rings. The Labute approximate surface area is 120 Å². The second-order valence-electron chi connectivity index (χ2n) is 5.90. The second kappa shape index (κ2) is 5.09. The number of ether oxygens (including phenoxy) is 1. The normalized spacial score (nSPS) is 28.6. The fourth-order valence-corrected chi connectivity index (χ4v) is 3.77. The van der Waals surface area contributed by atoms with Crippen LogP contribution in [0.25, 0.3) is 0 Å². The number of nitrogens with one attached hydrogen (secondary N) is 1. The maximum atomic E-state index is 12.3. The van der Waals surface area contributed by atoms with Gasteiger partial charge >= 0.3 is 5.97 Å². The zero-order valence-electron chi connectivity index (χ0n) is 12.3. The number of hydrogen-bond donors (Lipinski definition) is 1. The summed E-state index contributed by atoms with van der Waals surface area (Å²) in [5, 5.41) is 3.42. The number of nitrogens with zero attached hydrogens (tertiary/aromatic N) is 1. The number of piperidine rings is 1. The zero-order chi connectivity index (χ0) is 14.3. The van der Waals surface area contributed by atoms with E-state index in [1.54, 1.807) is 0 Å². The first-order valence-electron chi connectivity index (χ1n) is 7.25. The van der Waals surface area contributed by atoms with Crippen LogP contribution in [0.3, 0.4) is 0 Å². The van der Waals surface area contributed by atoms with Gasteiger partial charge in [0, 0.05) is 31.2 Å². The Kier molecular flexibility index (Phi) is 3.42. The maximum absolute atomic E-state index is 12.3. The largest absolute Gasteiger partial charge is 0.469 e.